The molecule has 1 aromatic carbocycles. The molecule has 0 aliphatic rings. The SMILES string of the molecule is CCc1cnc(CCNC(=NC)NCc2ccccc2OC(F)F)s1. The summed E-state index contributed by atoms with van der Waals surface area (Å²) >= 11 is 1.71. The highest BCUT2D eigenvalue weighted by Gasteiger charge is 2.09. The number of rotatable bonds is 8. The maximum Gasteiger partial charge on any atom is 0.387 e. The van der Waals surface area contributed by atoms with Crippen LogP contribution in [0.25, 0.3) is 0 Å². The van der Waals surface area contributed by atoms with Gasteiger partial charge in [-0.25, -0.2) is 4.98 Å². The summed E-state index contributed by atoms with van der Waals surface area (Å²) in [6, 6.07) is 6.69. The maximum absolute atomic E-state index is 12.4. The highest BCUT2D eigenvalue weighted by molar-refractivity contribution is 7.11. The lowest BCUT2D eigenvalue weighted by atomic mass is 10.2. The molecule has 1 aromatic heterocycles. The van der Waals surface area contributed by atoms with Crippen LogP contribution in [-0.4, -0.2) is 31.1 Å². The molecule has 1 heterocycles. The first-order valence-corrected chi connectivity index (χ1v) is 8.84. The van der Waals surface area contributed by atoms with Crippen molar-refractivity contribution in [3.05, 3.63) is 45.9 Å². The van der Waals surface area contributed by atoms with Gasteiger partial charge >= 0.3 is 6.61 Å². The Bertz CT molecular complexity index is 691. The van der Waals surface area contributed by atoms with E-state index in [1.165, 1.54) is 10.9 Å². The first kappa shape index (κ1) is 19.1. The van der Waals surface area contributed by atoms with Crippen LogP contribution >= 0.6 is 11.3 Å². The van der Waals surface area contributed by atoms with Gasteiger partial charge in [0, 0.05) is 43.2 Å². The van der Waals surface area contributed by atoms with Crippen LogP contribution in [0.5, 0.6) is 5.75 Å². The number of hydrogen-bond acceptors (Lipinski definition) is 4. The molecule has 2 aromatic rings. The summed E-state index contributed by atoms with van der Waals surface area (Å²) in [5.74, 6) is 0.759. The zero-order valence-corrected chi connectivity index (χ0v) is 15.1. The number of alkyl halides is 2. The van der Waals surface area contributed by atoms with Gasteiger partial charge in [-0.3, -0.25) is 4.99 Å². The van der Waals surface area contributed by atoms with E-state index >= 15 is 0 Å². The maximum atomic E-state index is 12.4. The fourth-order valence-electron chi connectivity index (χ4n) is 2.18. The molecule has 0 saturated heterocycles. The number of nitrogens with one attached hydrogen (secondary N) is 2. The van der Waals surface area contributed by atoms with Crippen molar-refractivity contribution in [3.8, 4) is 5.75 Å². The van der Waals surface area contributed by atoms with E-state index < -0.39 is 6.61 Å². The average Bonchev–Trinajstić information content (AvgIpc) is 3.06. The number of thiazole rings is 1. The second-order valence-electron chi connectivity index (χ2n) is 5.16. The zero-order chi connectivity index (χ0) is 18.1. The molecule has 0 saturated carbocycles. The van der Waals surface area contributed by atoms with E-state index in [-0.39, 0.29) is 5.75 Å². The Kier molecular flexibility index (Phi) is 7.59. The van der Waals surface area contributed by atoms with Gasteiger partial charge in [-0.2, -0.15) is 8.78 Å². The molecule has 0 unspecified atom stereocenters. The molecular formula is C17H22F2N4OS. The van der Waals surface area contributed by atoms with Crippen molar-refractivity contribution < 1.29 is 13.5 Å². The third kappa shape index (κ3) is 6.30. The zero-order valence-electron chi connectivity index (χ0n) is 14.3. The normalized spacial score (nSPS) is 11.6. The van der Waals surface area contributed by atoms with E-state index in [2.05, 4.69) is 32.3 Å². The summed E-state index contributed by atoms with van der Waals surface area (Å²) in [7, 11) is 1.66. The lowest BCUT2D eigenvalue weighted by molar-refractivity contribution is -0.0504. The van der Waals surface area contributed by atoms with Crippen LogP contribution in [0.3, 0.4) is 0 Å². The summed E-state index contributed by atoms with van der Waals surface area (Å²) < 4.78 is 29.4. The molecule has 0 amide bonds. The molecule has 0 radical (unpaired) electrons. The Morgan fingerprint density at radius 2 is 2.12 bits per heavy atom. The van der Waals surface area contributed by atoms with E-state index in [0.29, 0.717) is 24.6 Å². The van der Waals surface area contributed by atoms with Crippen molar-refractivity contribution in [2.45, 2.75) is 32.9 Å². The molecule has 0 atom stereocenters. The summed E-state index contributed by atoms with van der Waals surface area (Å²) in [6.45, 7) is 0.285. The Balaban J connectivity index is 1.82. The van der Waals surface area contributed by atoms with Gasteiger partial charge in [0.1, 0.15) is 5.75 Å². The molecule has 2 rings (SSSR count). The van der Waals surface area contributed by atoms with Crippen molar-refractivity contribution >= 4 is 17.3 Å². The highest BCUT2D eigenvalue weighted by Crippen LogP contribution is 2.19. The van der Waals surface area contributed by atoms with Crippen molar-refractivity contribution in [1.82, 2.24) is 15.6 Å². The molecule has 0 bridgehead atoms. The van der Waals surface area contributed by atoms with E-state index in [4.69, 9.17) is 0 Å². The molecule has 0 aliphatic heterocycles. The van der Waals surface area contributed by atoms with Crippen LogP contribution in [0.15, 0.2) is 35.5 Å². The quantitative estimate of drug-likeness (QED) is 0.555. The number of guanidine groups is 1. The van der Waals surface area contributed by atoms with Crippen LogP contribution in [0.2, 0.25) is 0 Å². The van der Waals surface area contributed by atoms with Crippen LogP contribution in [0.4, 0.5) is 8.78 Å². The Morgan fingerprint density at radius 3 is 2.80 bits per heavy atom. The van der Waals surface area contributed by atoms with Crippen LogP contribution in [0, 0.1) is 0 Å². The Hall–Kier alpha value is -2.22. The summed E-state index contributed by atoms with van der Waals surface area (Å²) in [5.41, 5.74) is 0.637. The van der Waals surface area contributed by atoms with E-state index in [1.54, 1.807) is 36.6 Å². The van der Waals surface area contributed by atoms with Gasteiger partial charge in [0.25, 0.3) is 0 Å². The third-order valence-corrected chi connectivity index (χ3v) is 4.64. The smallest absolute Gasteiger partial charge is 0.387 e. The van der Waals surface area contributed by atoms with Crippen molar-refractivity contribution in [2.24, 2.45) is 4.99 Å². The molecule has 25 heavy (non-hydrogen) atoms. The summed E-state index contributed by atoms with van der Waals surface area (Å²) in [5, 5.41) is 7.37. The minimum absolute atomic E-state index is 0.162. The highest BCUT2D eigenvalue weighted by atomic mass is 32.1. The average molecular weight is 368 g/mol. The first-order valence-electron chi connectivity index (χ1n) is 8.03. The third-order valence-electron chi connectivity index (χ3n) is 3.44. The minimum Gasteiger partial charge on any atom is -0.434 e. The van der Waals surface area contributed by atoms with Crippen LogP contribution in [0.1, 0.15) is 22.4 Å². The van der Waals surface area contributed by atoms with Gasteiger partial charge in [0.05, 0.1) is 5.01 Å². The first-order chi connectivity index (χ1) is 12.1. The lowest BCUT2D eigenvalue weighted by Gasteiger charge is -2.14. The van der Waals surface area contributed by atoms with Gasteiger partial charge < -0.3 is 15.4 Å². The van der Waals surface area contributed by atoms with Crippen molar-refractivity contribution in [3.63, 3.8) is 0 Å². The van der Waals surface area contributed by atoms with Gasteiger partial charge in [0.15, 0.2) is 5.96 Å². The number of para-hydroxylation sites is 1. The molecule has 0 spiro atoms. The molecule has 136 valence electrons. The topological polar surface area (TPSA) is 58.5 Å². The number of ether oxygens (including phenoxy) is 1. The summed E-state index contributed by atoms with van der Waals surface area (Å²) in [4.78, 5) is 9.78. The number of halogens is 2. The summed E-state index contributed by atoms with van der Waals surface area (Å²) in [6.07, 6.45) is 3.71. The van der Waals surface area contributed by atoms with E-state index in [9.17, 15) is 8.78 Å². The van der Waals surface area contributed by atoms with Crippen LogP contribution < -0.4 is 15.4 Å². The van der Waals surface area contributed by atoms with Crippen LogP contribution in [-0.2, 0) is 19.4 Å². The van der Waals surface area contributed by atoms with Gasteiger partial charge in [-0.1, -0.05) is 25.1 Å². The number of aryl methyl sites for hydroxylation is 1. The second kappa shape index (κ2) is 9.93. The standard InChI is InChI=1S/C17H22F2N4OS/c1-3-13-11-22-15(25-13)8-9-21-17(20-2)23-10-12-6-4-5-7-14(12)24-16(18)19/h4-7,11,16H,3,8-10H2,1-2H3,(H2,20,21,23). The predicted octanol–water partition coefficient (Wildman–Crippen LogP) is 3.21. The largest absolute Gasteiger partial charge is 0.434 e. The Labute approximate surface area is 150 Å². The lowest BCUT2D eigenvalue weighted by Crippen LogP contribution is -2.37. The number of aliphatic imine (C=N–C) groups is 1. The van der Waals surface area contributed by atoms with E-state index in [1.807, 2.05) is 6.20 Å². The molecular weight excluding hydrogens is 346 g/mol. The van der Waals surface area contributed by atoms with Crippen molar-refractivity contribution in [1.29, 1.82) is 0 Å². The number of benzene rings is 1. The van der Waals surface area contributed by atoms with Gasteiger partial charge in [-0.05, 0) is 12.5 Å². The molecule has 8 heteroatoms. The number of aromatic nitrogens is 1. The predicted molar refractivity (Wildman–Crippen MR) is 96.5 cm³/mol. The molecule has 2 N–H and O–H groups in total. The number of nitrogens with zero attached hydrogens (tertiary/aromatic N) is 2. The molecule has 5 nitrogen and oxygen atoms in total. The van der Waals surface area contributed by atoms with Crippen molar-refractivity contribution in [2.75, 3.05) is 13.6 Å². The molecule has 0 aliphatic carbocycles. The monoisotopic (exact) mass is 368 g/mol. The van der Waals surface area contributed by atoms with E-state index in [0.717, 1.165) is 17.8 Å². The Morgan fingerprint density at radius 1 is 1.32 bits per heavy atom. The molecule has 0 fully saturated rings. The van der Waals surface area contributed by atoms with Gasteiger partial charge in [0.2, 0.25) is 0 Å². The second-order valence-corrected chi connectivity index (χ2v) is 6.36. The fourth-order valence-corrected chi connectivity index (χ4v) is 3.04. The van der Waals surface area contributed by atoms with Gasteiger partial charge in [-0.15, -0.1) is 11.3 Å². The fraction of sp³-hybridized carbons (Fsp3) is 0.412. The minimum atomic E-state index is -2.84. The number of hydrogen-bond donors (Lipinski definition) is 2.